The normalized spacial score (nSPS) is 10.1. The summed E-state index contributed by atoms with van der Waals surface area (Å²) < 4.78 is 11.0. The molecule has 0 aliphatic carbocycles. The zero-order valence-corrected chi connectivity index (χ0v) is 10.3. The highest BCUT2D eigenvalue weighted by Crippen LogP contribution is 2.28. The van der Waals surface area contributed by atoms with Crippen LogP contribution in [0.4, 0.5) is 0 Å². The van der Waals surface area contributed by atoms with Crippen molar-refractivity contribution >= 4 is 0 Å². The van der Waals surface area contributed by atoms with Crippen LogP contribution in [0.15, 0.2) is 36.4 Å². The van der Waals surface area contributed by atoms with Crippen molar-refractivity contribution in [2.45, 2.75) is 13.8 Å². The van der Waals surface area contributed by atoms with Gasteiger partial charge in [0.1, 0.15) is 17.2 Å². The van der Waals surface area contributed by atoms with Crippen LogP contribution in [0.2, 0.25) is 0 Å². The van der Waals surface area contributed by atoms with Gasteiger partial charge in [0.2, 0.25) is 0 Å². The van der Waals surface area contributed by atoms with Crippen molar-refractivity contribution in [3.63, 3.8) is 0 Å². The van der Waals surface area contributed by atoms with Crippen LogP contribution in [0.1, 0.15) is 11.1 Å². The number of rotatable bonds is 3. The molecule has 2 rings (SSSR count). The molecule has 2 aromatic rings. The Kier molecular flexibility index (Phi) is 3.33. The van der Waals surface area contributed by atoms with Crippen LogP contribution >= 0.6 is 0 Å². The Morgan fingerprint density at radius 3 is 2.59 bits per heavy atom. The van der Waals surface area contributed by atoms with Crippen LogP contribution in [0, 0.1) is 19.9 Å². The molecule has 0 aromatic heterocycles. The summed E-state index contributed by atoms with van der Waals surface area (Å²) in [4.78, 5) is 0. The van der Waals surface area contributed by atoms with Gasteiger partial charge in [-0.25, -0.2) is 0 Å². The molecule has 2 heteroatoms. The van der Waals surface area contributed by atoms with E-state index >= 15 is 0 Å². The van der Waals surface area contributed by atoms with E-state index in [9.17, 15) is 0 Å². The summed E-state index contributed by atoms with van der Waals surface area (Å²) in [6.45, 7) is 4.09. The Balaban J connectivity index is 2.28. The minimum atomic E-state index is 0.759. The van der Waals surface area contributed by atoms with Gasteiger partial charge in [0.25, 0.3) is 0 Å². The summed E-state index contributed by atoms with van der Waals surface area (Å²) in [5.41, 5.74) is 2.30. The molecule has 0 spiro atoms. The maximum atomic E-state index is 5.80. The predicted octanol–water partition coefficient (Wildman–Crippen LogP) is 3.90. The van der Waals surface area contributed by atoms with E-state index in [0.29, 0.717) is 0 Å². The number of aryl methyl sites for hydroxylation is 1. The topological polar surface area (TPSA) is 18.5 Å². The molecule has 2 aromatic carbocycles. The molecule has 1 radical (unpaired) electrons. The Morgan fingerprint density at radius 1 is 1.06 bits per heavy atom. The lowest BCUT2D eigenvalue weighted by molar-refractivity contribution is 0.408. The molecular formula is C15H15O2. The van der Waals surface area contributed by atoms with Gasteiger partial charge in [-0.1, -0.05) is 18.2 Å². The third kappa shape index (κ3) is 2.59. The van der Waals surface area contributed by atoms with Crippen LogP contribution in [0.5, 0.6) is 17.2 Å². The average molecular weight is 227 g/mol. The zero-order chi connectivity index (χ0) is 12.3. The maximum absolute atomic E-state index is 5.80. The standard InChI is InChI=1S/C15H15O2/c1-11-6-4-9-15(12(11)2)17-14-8-5-7-13(10-14)16-3/h4-8,10H,1-3H3. The van der Waals surface area contributed by atoms with E-state index in [0.717, 1.165) is 22.8 Å². The summed E-state index contributed by atoms with van der Waals surface area (Å²) in [6.07, 6.45) is 0. The summed E-state index contributed by atoms with van der Waals surface area (Å²) >= 11 is 0. The largest absolute Gasteiger partial charge is 0.497 e. The molecule has 0 bridgehead atoms. The second-order valence-electron chi connectivity index (χ2n) is 3.90. The smallest absolute Gasteiger partial charge is 0.138 e. The van der Waals surface area contributed by atoms with E-state index in [1.807, 2.05) is 43.3 Å². The molecule has 17 heavy (non-hydrogen) atoms. The Bertz CT molecular complexity index is 518. The zero-order valence-electron chi connectivity index (χ0n) is 10.3. The maximum Gasteiger partial charge on any atom is 0.138 e. The third-order valence-corrected chi connectivity index (χ3v) is 2.74. The molecule has 2 nitrogen and oxygen atoms in total. The molecular weight excluding hydrogens is 212 g/mol. The third-order valence-electron chi connectivity index (χ3n) is 2.74. The molecule has 87 valence electrons. The Hall–Kier alpha value is -1.96. The minimum Gasteiger partial charge on any atom is -0.497 e. The highest BCUT2D eigenvalue weighted by molar-refractivity contribution is 5.42. The first-order chi connectivity index (χ1) is 8.20. The first-order valence-corrected chi connectivity index (χ1v) is 5.50. The van der Waals surface area contributed by atoms with Gasteiger partial charge in [0.05, 0.1) is 7.11 Å². The molecule has 0 aliphatic rings. The van der Waals surface area contributed by atoms with Crippen LogP contribution in [0.3, 0.4) is 0 Å². The highest BCUT2D eigenvalue weighted by atomic mass is 16.5. The van der Waals surface area contributed by atoms with Crippen molar-refractivity contribution in [1.82, 2.24) is 0 Å². The molecule has 0 heterocycles. The number of hydrogen-bond acceptors (Lipinski definition) is 2. The van der Waals surface area contributed by atoms with Gasteiger partial charge in [-0.3, -0.25) is 0 Å². The molecule has 0 N–H and O–H groups in total. The molecule has 0 saturated carbocycles. The monoisotopic (exact) mass is 227 g/mol. The van der Waals surface area contributed by atoms with Gasteiger partial charge >= 0.3 is 0 Å². The van der Waals surface area contributed by atoms with Gasteiger partial charge in [-0.05, 0) is 37.1 Å². The second kappa shape index (κ2) is 4.91. The van der Waals surface area contributed by atoms with Crippen molar-refractivity contribution in [3.05, 3.63) is 53.6 Å². The fourth-order valence-corrected chi connectivity index (χ4v) is 1.54. The van der Waals surface area contributed by atoms with Crippen LogP contribution in [-0.4, -0.2) is 7.11 Å². The summed E-state index contributed by atoms with van der Waals surface area (Å²) in [7, 11) is 1.64. The van der Waals surface area contributed by atoms with Gasteiger partial charge in [-0.15, -0.1) is 0 Å². The van der Waals surface area contributed by atoms with Gasteiger partial charge in [0.15, 0.2) is 0 Å². The average Bonchev–Trinajstić information content (AvgIpc) is 2.35. The Morgan fingerprint density at radius 2 is 1.82 bits per heavy atom. The van der Waals surface area contributed by atoms with E-state index in [1.165, 1.54) is 5.56 Å². The summed E-state index contributed by atoms with van der Waals surface area (Å²) in [6, 6.07) is 14.5. The van der Waals surface area contributed by atoms with Crippen molar-refractivity contribution in [1.29, 1.82) is 0 Å². The van der Waals surface area contributed by atoms with Crippen LogP contribution in [0.25, 0.3) is 0 Å². The SMILES string of the molecule is COc1cccc(Oc2[c]ccc(C)c2C)c1. The first-order valence-electron chi connectivity index (χ1n) is 5.50. The van der Waals surface area contributed by atoms with Crippen molar-refractivity contribution in [2.75, 3.05) is 7.11 Å². The predicted molar refractivity (Wildman–Crippen MR) is 67.8 cm³/mol. The molecule has 0 saturated heterocycles. The van der Waals surface area contributed by atoms with Crippen LogP contribution < -0.4 is 9.47 Å². The first kappa shape index (κ1) is 11.5. The van der Waals surface area contributed by atoms with Crippen molar-refractivity contribution in [3.8, 4) is 17.2 Å². The van der Waals surface area contributed by atoms with Gasteiger partial charge in [0, 0.05) is 12.1 Å². The lowest BCUT2D eigenvalue weighted by Gasteiger charge is -2.10. The molecule has 0 unspecified atom stereocenters. The number of methoxy groups -OCH3 is 1. The Labute approximate surface area is 102 Å². The van der Waals surface area contributed by atoms with E-state index in [-0.39, 0.29) is 0 Å². The van der Waals surface area contributed by atoms with Gasteiger partial charge < -0.3 is 9.47 Å². The molecule has 0 aliphatic heterocycles. The number of benzene rings is 2. The fourth-order valence-electron chi connectivity index (χ4n) is 1.54. The molecule has 0 amide bonds. The van der Waals surface area contributed by atoms with E-state index < -0.39 is 0 Å². The molecule has 0 fully saturated rings. The second-order valence-corrected chi connectivity index (χ2v) is 3.90. The highest BCUT2D eigenvalue weighted by Gasteiger charge is 2.04. The lowest BCUT2D eigenvalue weighted by atomic mass is 10.1. The number of hydrogen-bond donors (Lipinski definition) is 0. The van der Waals surface area contributed by atoms with E-state index in [2.05, 4.69) is 13.0 Å². The van der Waals surface area contributed by atoms with E-state index in [4.69, 9.17) is 9.47 Å². The van der Waals surface area contributed by atoms with Crippen molar-refractivity contribution in [2.24, 2.45) is 0 Å². The fraction of sp³-hybridized carbons (Fsp3) is 0.200. The van der Waals surface area contributed by atoms with Crippen molar-refractivity contribution < 1.29 is 9.47 Å². The summed E-state index contributed by atoms with van der Waals surface area (Å²) in [5, 5.41) is 0. The number of ether oxygens (including phenoxy) is 2. The molecule has 0 atom stereocenters. The summed E-state index contributed by atoms with van der Waals surface area (Å²) in [5.74, 6) is 2.31. The minimum absolute atomic E-state index is 0.759. The quantitative estimate of drug-likeness (QED) is 0.791. The lowest BCUT2D eigenvalue weighted by Crippen LogP contribution is -1.90. The van der Waals surface area contributed by atoms with E-state index in [1.54, 1.807) is 7.11 Å². The van der Waals surface area contributed by atoms with Gasteiger partial charge in [-0.2, -0.15) is 0 Å². The van der Waals surface area contributed by atoms with Crippen LogP contribution in [-0.2, 0) is 0 Å².